The van der Waals surface area contributed by atoms with Crippen LogP contribution in [0, 0.1) is 13.8 Å². The number of aryl methyl sites for hydroxylation is 3. The highest BCUT2D eigenvalue weighted by Crippen LogP contribution is 2.42. The molecule has 0 radical (unpaired) electrons. The van der Waals surface area contributed by atoms with Crippen LogP contribution in [0.2, 0.25) is 0 Å². The quantitative estimate of drug-likeness (QED) is 0.520. The molecule has 2 aliphatic rings. The summed E-state index contributed by atoms with van der Waals surface area (Å²) in [7, 11) is 0. The Balaban J connectivity index is 1.60. The number of aromatic nitrogens is 2. The molecule has 0 amide bonds. The van der Waals surface area contributed by atoms with E-state index in [-0.39, 0.29) is 6.04 Å². The zero-order valence-corrected chi connectivity index (χ0v) is 19.3. The van der Waals surface area contributed by atoms with Gasteiger partial charge in [-0.1, -0.05) is 6.07 Å². The van der Waals surface area contributed by atoms with Crippen LogP contribution in [0.4, 0.5) is 11.5 Å². The summed E-state index contributed by atoms with van der Waals surface area (Å²) in [6, 6.07) is 8.60. The first-order chi connectivity index (χ1) is 15.4. The highest BCUT2D eigenvalue weighted by Gasteiger charge is 2.28. The van der Waals surface area contributed by atoms with Gasteiger partial charge in [0.05, 0.1) is 11.6 Å². The molecule has 3 aromatic rings. The molecule has 0 unspecified atom stereocenters. The molecule has 1 atom stereocenters. The van der Waals surface area contributed by atoms with Crippen molar-refractivity contribution in [1.29, 1.82) is 0 Å². The minimum atomic E-state index is 0.0682. The molecule has 2 aromatic carbocycles. The second kappa shape index (κ2) is 8.19. The third kappa shape index (κ3) is 3.85. The molecular formula is C27H32N4O. The van der Waals surface area contributed by atoms with Gasteiger partial charge in [0.15, 0.2) is 0 Å². The molecule has 3 N–H and O–H groups in total. The molecule has 5 nitrogen and oxygen atoms in total. The maximum Gasteiger partial charge on any atom is 0.138 e. The summed E-state index contributed by atoms with van der Waals surface area (Å²) in [6.45, 7) is 6.20. The van der Waals surface area contributed by atoms with Gasteiger partial charge in [-0.05, 0) is 105 Å². The summed E-state index contributed by atoms with van der Waals surface area (Å²) < 4.78 is 0. The lowest BCUT2D eigenvalue weighted by Crippen LogP contribution is -2.15. The summed E-state index contributed by atoms with van der Waals surface area (Å²) in [4.78, 5) is 21.6. The van der Waals surface area contributed by atoms with Gasteiger partial charge >= 0.3 is 0 Å². The number of nitrogen functional groups attached to an aromatic ring is 1. The molecule has 1 saturated carbocycles. The van der Waals surface area contributed by atoms with E-state index in [1.54, 1.807) is 0 Å². The fourth-order valence-electron chi connectivity index (χ4n) is 5.62. The van der Waals surface area contributed by atoms with Gasteiger partial charge in [-0.25, -0.2) is 9.97 Å². The number of hydrogen-bond acceptors (Lipinski definition) is 5. The second-order valence-electron chi connectivity index (χ2n) is 9.65. The number of Topliss-reactive ketones (excluding diaryl/α,β-unsaturated/α-hetero) is 1. The predicted octanol–water partition coefficient (Wildman–Crippen LogP) is 5.72. The highest BCUT2D eigenvalue weighted by atomic mass is 16.1. The number of nitrogens with zero attached hydrogens (tertiary/aromatic N) is 2. The Kier molecular flexibility index (Phi) is 5.36. The molecule has 0 saturated heterocycles. The number of rotatable bonds is 4. The molecule has 1 aromatic heterocycles. The van der Waals surface area contributed by atoms with E-state index in [9.17, 15) is 4.79 Å². The summed E-state index contributed by atoms with van der Waals surface area (Å²) in [5, 5.41) is 4.77. The first kappa shape index (κ1) is 20.9. The van der Waals surface area contributed by atoms with Crippen LogP contribution in [0.15, 0.2) is 24.3 Å². The number of nitrogens with one attached hydrogen (secondary N) is 1. The summed E-state index contributed by atoms with van der Waals surface area (Å²) in [5.74, 6) is 2.56. The molecule has 166 valence electrons. The average Bonchev–Trinajstić information content (AvgIpc) is 3.24. The van der Waals surface area contributed by atoms with Crippen LogP contribution in [0.5, 0.6) is 0 Å². The first-order valence-corrected chi connectivity index (χ1v) is 11.9. The fourth-order valence-corrected chi connectivity index (χ4v) is 5.62. The fraction of sp³-hybridized carbons (Fsp3) is 0.444. The standard InChI is InChI=1S/C27H32N4O/c1-15-11-19(13-20(28)12-15)16(2)29-27-25-14-24(18-7-9-21(32)10-8-18)22-5-4-6-23(22)26(25)30-17(3)31-27/h11-14,16,18H,4-10,28H2,1-3H3,(H,29,30,31)/t16-/m1/s1. The Morgan fingerprint density at radius 1 is 1.00 bits per heavy atom. The Bertz CT molecular complexity index is 1190. The minimum Gasteiger partial charge on any atom is -0.399 e. The monoisotopic (exact) mass is 428 g/mol. The first-order valence-electron chi connectivity index (χ1n) is 11.9. The third-order valence-electron chi connectivity index (χ3n) is 7.17. The highest BCUT2D eigenvalue weighted by molar-refractivity contribution is 5.93. The van der Waals surface area contributed by atoms with Gasteiger partial charge in [0.2, 0.25) is 0 Å². The van der Waals surface area contributed by atoms with Crippen molar-refractivity contribution in [3.8, 4) is 0 Å². The van der Waals surface area contributed by atoms with E-state index < -0.39 is 0 Å². The lowest BCUT2D eigenvalue weighted by molar-refractivity contribution is -0.120. The Labute approximate surface area is 189 Å². The molecule has 2 aliphatic carbocycles. The van der Waals surface area contributed by atoms with Crippen molar-refractivity contribution in [2.45, 2.75) is 77.7 Å². The maximum absolute atomic E-state index is 11.8. The van der Waals surface area contributed by atoms with Gasteiger partial charge in [0, 0.05) is 23.9 Å². The molecule has 5 rings (SSSR count). The van der Waals surface area contributed by atoms with Crippen LogP contribution < -0.4 is 11.1 Å². The molecule has 5 heteroatoms. The number of ketones is 1. The third-order valence-corrected chi connectivity index (χ3v) is 7.17. The summed E-state index contributed by atoms with van der Waals surface area (Å²) in [5.41, 5.74) is 14.6. The number of benzene rings is 2. The van der Waals surface area contributed by atoms with E-state index in [1.807, 2.05) is 19.1 Å². The SMILES string of the molecule is Cc1cc(N)cc([C@@H](C)Nc2nc(C)nc3c4c(c(C5CCC(=O)CC5)cc23)CCC4)c1. The number of fused-ring (bicyclic) bond motifs is 3. The van der Waals surface area contributed by atoms with Crippen LogP contribution >= 0.6 is 0 Å². The lowest BCUT2D eigenvalue weighted by Gasteiger charge is -2.25. The van der Waals surface area contributed by atoms with E-state index in [0.717, 1.165) is 65.0 Å². The topological polar surface area (TPSA) is 80.9 Å². The van der Waals surface area contributed by atoms with E-state index in [1.165, 1.54) is 23.1 Å². The van der Waals surface area contributed by atoms with Gasteiger partial charge < -0.3 is 11.1 Å². The minimum absolute atomic E-state index is 0.0682. The molecule has 0 aliphatic heterocycles. The van der Waals surface area contributed by atoms with Gasteiger partial charge in [-0.15, -0.1) is 0 Å². The summed E-state index contributed by atoms with van der Waals surface area (Å²) >= 11 is 0. The number of carbonyl (C=O) groups excluding carboxylic acids is 1. The van der Waals surface area contributed by atoms with Crippen molar-refractivity contribution >= 4 is 28.2 Å². The van der Waals surface area contributed by atoms with E-state index in [4.69, 9.17) is 15.7 Å². The number of nitrogens with two attached hydrogens (primary N) is 1. The Morgan fingerprint density at radius 3 is 2.50 bits per heavy atom. The molecule has 0 spiro atoms. The number of anilines is 2. The van der Waals surface area contributed by atoms with Crippen molar-refractivity contribution in [3.63, 3.8) is 0 Å². The maximum atomic E-state index is 11.8. The second-order valence-corrected chi connectivity index (χ2v) is 9.65. The summed E-state index contributed by atoms with van der Waals surface area (Å²) in [6.07, 6.45) is 6.72. The number of carbonyl (C=O) groups is 1. The normalized spacial score (nSPS) is 17.5. The van der Waals surface area contributed by atoms with Gasteiger partial charge in [0.1, 0.15) is 17.4 Å². The van der Waals surface area contributed by atoms with Crippen molar-refractivity contribution < 1.29 is 4.79 Å². The zero-order valence-electron chi connectivity index (χ0n) is 19.3. The van der Waals surface area contributed by atoms with E-state index in [0.29, 0.717) is 24.5 Å². The van der Waals surface area contributed by atoms with Gasteiger partial charge in [-0.3, -0.25) is 4.79 Å². The molecule has 1 heterocycles. The molecular weight excluding hydrogens is 396 g/mol. The van der Waals surface area contributed by atoms with Crippen LogP contribution in [0.25, 0.3) is 10.9 Å². The van der Waals surface area contributed by atoms with Crippen LogP contribution in [-0.2, 0) is 17.6 Å². The largest absolute Gasteiger partial charge is 0.399 e. The van der Waals surface area contributed by atoms with Crippen molar-refractivity contribution in [3.05, 3.63) is 57.9 Å². The predicted molar refractivity (Wildman–Crippen MR) is 130 cm³/mol. The van der Waals surface area contributed by atoms with Gasteiger partial charge in [0.25, 0.3) is 0 Å². The smallest absolute Gasteiger partial charge is 0.138 e. The van der Waals surface area contributed by atoms with Crippen LogP contribution in [0.1, 0.15) is 84.6 Å². The molecule has 1 fully saturated rings. The Morgan fingerprint density at radius 2 is 1.75 bits per heavy atom. The Hall–Kier alpha value is -2.95. The van der Waals surface area contributed by atoms with Crippen molar-refractivity contribution in [2.75, 3.05) is 11.1 Å². The van der Waals surface area contributed by atoms with Crippen molar-refractivity contribution in [2.24, 2.45) is 0 Å². The zero-order chi connectivity index (χ0) is 22.4. The van der Waals surface area contributed by atoms with Gasteiger partial charge in [-0.2, -0.15) is 0 Å². The van der Waals surface area contributed by atoms with E-state index in [2.05, 4.69) is 31.3 Å². The van der Waals surface area contributed by atoms with Crippen LogP contribution in [0.3, 0.4) is 0 Å². The number of hydrogen-bond donors (Lipinski definition) is 2. The molecule has 0 bridgehead atoms. The van der Waals surface area contributed by atoms with Crippen LogP contribution in [-0.4, -0.2) is 15.8 Å². The molecule has 32 heavy (non-hydrogen) atoms. The lowest BCUT2D eigenvalue weighted by atomic mass is 9.80. The van der Waals surface area contributed by atoms with E-state index >= 15 is 0 Å². The van der Waals surface area contributed by atoms with Crippen molar-refractivity contribution in [1.82, 2.24) is 9.97 Å². The average molecular weight is 429 g/mol.